The predicted octanol–water partition coefficient (Wildman–Crippen LogP) is 9.06. The highest BCUT2D eigenvalue weighted by Crippen LogP contribution is 2.43. The van der Waals surface area contributed by atoms with Gasteiger partial charge in [0.25, 0.3) is 0 Å². The smallest absolute Gasteiger partial charge is 0.146 e. The maximum atomic E-state index is 6.29. The topological polar surface area (TPSA) is 30.4 Å². The minimum Gasteiger partial charge on any atom is -0.456 e. The summed E-state index contributed by atoms with van der Waals surface area (Å²) in [6, 6.07) is 34.5. The fourth-order valence-electron chi connectivity index (χ4n) is 5.83. The molecule has 9 rings (SSSR count). The van der Waals surface area contributed by atoms with E-state index in [4.69, 9.17) is 9.40 Å². The van der Waals surface area contributed by atoms with Crippen LogP contribution in [0, 0.1) is 0 Å². The van der Waals surface area contributed by atoms with Crippen LogP contribution in [-0.4, -0.2) is 9.38 Å². The first kappa shape index (κ1) is 18.0. The fourth-order valence-corrected chi connectivity index (χ4v) is 7.07. The summed E-state index contributed by atoms with van der Waals surface area (Å²) < 4.78 is 11.3. The minimum absolute atomic E-state index is 0.914. The van der Waals surface area contributed by atoms with Gasteiger partial charge in [0.2, 0.25) is 0 Å². The number of furan rings is 1. The van der Waals surface area contributed by atoms with E-state index < -0.39 is 0 Å². The van der Waals surface area contributed by atoms with Gasteiger partial charge < -0.3 is 4.42 Å². The molecule has 9 aromatic rings. The molecule has 162 valence electrons. The lowest BCUT2D eigenvalue weighted by Crippen LogP contribution is -1.92. The first-order chi connectivity index (χ1) is 17.3. The summed E-state index contributed by atoms with van der Waals surface area (Å²) >= 11 is 1.86. The molecule has 0 atom stereocenters. The molecular formula is C31H16N2OS. The van der Waals surface area contributed by atoms with Crippen LogP contribution >= 0.6 is 11.3 Å². The average Bonchev–Trinajstić information content (AvgIpc) is 3.58. The zero-order valence-electron chi connectivity index (χ0n) is 18.4. The number of aromatic nitrogens is 2. The third-order valence-electron chi connectivity index (χ3n) is 7.35. The third kappa shape index (κ3) is 2.18. The van der Waals surface area contributed by atoms with Gasteiger partial charge in [0.1, 0.15) is 16.8 Å². The normalized spacial score (nSPS) is 12.6. The standard InChI is InChI=1S/C31H16N2OS/c1-5-11-26-17(7-1)22-15-23-21(16-27(22)34-26)19-13-14-20-18-8-2-6-12-28(18)35-30(20)29(19)33-25-10-4-3-9-24(25)32-31(23)33/h1-16H. The molecule has 4 heterocycles. The van der Waals surface area contributed by atoms with Crippen molar-refractivity contribution < 1.29 is 4.42 Å². The van der Waals surface area contributed by atoms with Gasteiger partial charge in [-0.15, -0.1) is 11.3 Å². The lowest BCUT2D eigenvalue weighted by molar-refractivity contribution is 0.669. The maximum absolute atomic E-state index is 6.29. The Balaban J connectivity index is 1.62. The Kier molecular flexibility index (Phi) is 3.17. The highest BCUT2D eigenvalue weighted by atomic mass is 32.1. The summed E-state index contributed by atoms with van der Waals surface area (Å²) in [4.78, 5) is 5.16. The third-order valence-corrected chi connectivity index (χ3v) is 8.55. The Hall–Kier alpha value is -4.41. The second-order valence-corrected chi connectivity index (χ2v) is 10.2. The largest absolute Gasteiger partial charge is 0.456 e. The summed E-state index contributed by atoms with van der Waals surface area (Å²) in [7, 11) is 0. The van der Waals surface area contributed by atoms with E-state index in [1.807, 2.05) is 23.5 Å². The summed E-state index contributed by atoms with van der Waals surface area (Å²) in [5.41, 5.74) is 6.18. The van der Waals surface area contributed by atoms with Crippen molar-refractivity contribution in [1.82, 2.24) is 9.38 Å². The number of imidazole rings is 1. The van der Waals surface area contributed by atoms with Crippen molar-refractivity contribution in [3.8, 4) is 0 Å². The minimum atomic E-state index is 0.914. The number of thiophene rings is 1. The quantitative estimate of drug-likeness (QED) is 0.210. The molecule has 3 nitrogen and oxygen atoms in total. The summed E-state index contributed by atoms with van der Waals surface area (Å²) in [5, 5.41) is 8.41. The Morgan fingerprint density at radius 3 is 2.37 bits per heavy atom. The zero-order chi connectivity index (χ0) is 22.7. The predicted molar refractivity (Wildman–Crippen MR) is 148 cm³/mol. The highest BCUT2D eigenvalue weighted by Gasteiger charge is 2.19. The molecule has 0 aliphatic carbocycles. The van der Waals surface area contributed by atoms with Gasteiger partial charge in [0.05, 0.1) is 21.3 Å². The van der Waals surface area contributed by atoms with Crippen LogP contribution in [-0.2, 0) is 0 Å². The number of nitrogens with zero attached hydrogens (tertiary/aromatic N) is 2. The summed E-state index contributed by atoms with van der Waals surface area (Å²) in [5.74, 6) is 0. The van der Waals surface area contributed by atoms with Crippen LogP contribution in [0.25, 0.3) is 80.5 Å². The van der Waals surface area contributed by atoms with Crippen molar-refractivity contribution in [3.05, 3.63) is 97.1 Å². The van der Waals surface area contributed by atoms with Crippen molar-refractivity contribution in [1.29, 1.82) is 0 Å². The van der Waals surface area contributed by atoms with Crippen LogP contribution < -0.4 is 0 Å². The van der Waals surface area contributed by atoms with E-state index in [9.17, 15) is 0 Å². The van der Waals surface area contributed by atoms with Gasteiger partial charge in [-0.3, -0.25) is 4.40 Å². The van der Waals surface area contributed by atoms with Crippen LogP contribution in [0.3, 0.4) is 0 Å². The van der Waals surface area contributed by atoms with Gasteiger partial charge in [-0.1, -0.05) is 60.7 Å². The van der Waals surface area contributed by atoms with E-state index >= 15 is 0 Å². The fraction of sp³-hybridized carbons (Fsp3) is 0. The molecule has 0 radical (unpaired) electrons. The molecule has 35 heavy (non-hydrogen) atoms. The molecule has 0 N–H and O–H groups in total. The average molecular weight is 465 g/mol. The molecule has 4 heteroatoms. The Morgan fingerprint density at radius 1 is 0.600 bits per heavy atom. The van der Waals surface area contributed by atoms with Crippen molar-refractivity contribution >= 4 is 91.8 Å². The molecular weight excluding hydrogens is 448 g/mol. The van der Waals surface area contributed by atoms with Gasteiger partial charge in [0, 0.05) is 37.0 Å². The van der Waals surface area contributed by atoms with Crippen LogP contribution in [0.1, 0.15) is 0 Å². The molecule has 0 fully saturated rings. The number of pyridine rings is 1. The number of rotatable bonds is 0. The molecule has 4 aromatic heterocycles. The van der Waals surface area contributed by atoms with E-state index in [0.29, 0.717) is 0 Å². The van der Waals surface area contributed by atoms with E-state index in [1.54, 1.807) is 0 Å². The van der Waals surface area contributed by atoms with Gasteiger partial charge in [-0.2, -0.15) is 0 Å². The number of para-hydroxylation sites is 3. The van der Waals surface area contributed by atoms with Gasteiger partial charge >= 0.3 is 0 Å². The van der Waals surface area contributed by atoms with E-state index in [-0.39, 0.29) is 0 Å². The second-order valence-electron chi connectivity index (χ2n) is 9.19. The van der Waals surface area contributed by atoms with Gasteiger partial charge in [-0.05, 0) is 41.8 Å². The molecule has 0 saturated carbocycles. The molecule has 0 amide bonds. The van der Waals surface area contributed by atoms with E-state index in [1.165, 1.54) is 36.5 Å². The SMILES string of the molecule is c1ccc2c(c1)nc1c3cc4c(cc3c3ccc5c6ccccc6sc5c3n21)oc1ccccc14. The number of hydrogen-bond acceptors (Lipinski definition) is 3. The van der Waals surface area contributed by atoms with Crippen molar-refractivity contribution in [2.45, 2.75) is 0 Å². The number of hydrogen-bond donors (Lipinski definition) is 0. The van der Waals surface area contributed by atoms with Crippen LogP contribution in [0.15, 0.2) is 101 Å². The second kappa shape index (κ2) is 6.17. The lowest BCUT2D eigenvalue weighted by Gasteiger charge is -2.10. The summed E-state index contributed by atoms with van der Waals surface area (Å²) in [6.45, 7) is 0. The van der Waals surface area contributed by atoms with E-state index in [0.717, 1.165) is 44.0 Å². The molecule has 0 saturated heterocycles. The molecule has 0 spiro atoms. The maximum Gasteiger partial charge on any atom is 0.146 e. The summed E-state index contributed by atoms with van der Waals surface area (Å²) in [6.07, 6.45) is 0. The van der Waals surface area contributed by atoms with E-state index in [2.05, 4.69) is 89.3 Å². The van der Waals surface area contributed by atoms with Crippen LogP contribution in [0.2, 0.25) is 0 Å². The molecule has 0 aliphatic heterocycles. The Labute approximate surface area is 202 Å². The molecule has 0 bridgehead atoms. The molecule has 0 aliphatic rings. The Morgan fingerprint density at radius 2 is 1.40 bits per heavy atom. The number of benzene rings is 5. The molecule has 5 aromatic carbocycles. The zero-order valence-corrected chi connectivity index (χ0v) is 19.3. The Bertz CT molecular complexity index is 2330. The van der Waals surface area contributed by atoms with Crippen molar-refractivity contribution in [3.63, 3.8) is 0 Å². The van der Waals surface area contributed by atoms with Crippen LogP contribution in [0.5, 0.6) is 0 Å². The molecule has 0 unspecified atom stereocenters. The van der Waals surface area contributed by atoms with Crippen molar-refractivity contribution in [2.24, 2.45) is 0 Å². The first-order valence-corrected chi connectivity index (χ1v) is 12.5. The monoisotopic (exact) mass is 464 g/mol. The lowest BCUT2D eigenvalue weighted by atomic mass is 10.0. The van der Waals surface area contributed by atoms with Crippen LogP contribution in [0.4, 0.5) is 0 Å². The van der Waals surface area contributed by atoms with Gasteiger partial charge in [-0.25, -0.2) is 4.98 Å². The van der Waals surface area contributed by atoms with Gasteiger partial charge in [0.15, 0.2) is 0 Å². The first-order valence-electron chi connectivity index (χ1n) is 11.7. The highest BCUT2D eigenvalue weighted by molar-refractivity contribution is 7.26. The number of fused-ring (bicyclic) bond motifs is 15. The van der Waals surface area contributed by atoms with Crippen molar-refractivity contribution in [2.75, 3.05) is 0 Å².